The molecule has 2 aliphatic rings. The van der Waals surface area contributed by atoms with Gasteiger partial charge in [-0.25, -0.2) is 0 Å². The highest BCUT2D eigenvalue weighted by Gasteiger charge is 2.66. The number of aromatic nitrogens is 2. The predicted octanol–water partition coefficient (Wildman–Crippen LogP) is 7.73. The van der Waals surface area contributed by atoms with Crippen molar-refractivity contribution in [3.63, 3.8) is 0 Å². The number of benzene rings is 4. The van der Waals surface area contributed by atoms with Crippen molar-refractivity contribution in [2.24, 2.45) is 0 Å². The quantitative estimate of drug-likeness (QED) is 0.145. The normalized spacial score (nSPS) is 17.7. The summed E-state index contributed by atoms with van der Waals surface area (Å²) in [5.41, 5.74) is 4.95. The topological polar surface area (TPSA) is 17.0 Å². The lowest BCUT2D eigenvalue weighted by atomic mass is 10.1. The summed E-state index contributed by atoms with van der Waals surface area (Å²) >= 11 is 5.60. The molecule has 4 heterocycles. The molecule has 41 heavy (non-hydrogen) atoms. The Labute approximate surface area is 255 Å². The van der Waals surface area contributed by atoms with Gasteiger partial charge in [-0.15, -0.1) is 0 Å². The molecular weight excluding hydrogens is 593 g/mol. The molecule has 0 saturated heterocycles. The molecule has 0 aliphatic carbocycles. The molecule has 6 aromatic rings. The van der Waals surface area contributed by atoms with Gasteiger partial charge >= 0.3 is 5.18 Å². The maximum Gasteiger partial charge on any atom is 0.587 e. The number of hydrogen-bond acceptors (Lipinski definition) is 4. The molecule has 0 fully saturated rings. The number of rotatable bonds is 2. The fraction of sp³-hybridized carbons (Fsp3) is 0.212. The predicted molar refractivity (Wildman–Crippen MR) is 181 cm³/mol. The van der Waals surface area contributed by atoms with Crippen LogP contribution >= 0.6 is 34.4 Å². The second-order valence-electron chi connectivity index (χ2n) is 13.1. The third-order valence-corrected chi connectivity index (χ3v) is 15.9. The molecule has 2 aliphatic heterocycles. The standard InChI is InChI=1S/C33H32N2OS3Si2/c1-40(2,3)21-15-17-27-23(19-21)31-34(25-11-7-9-13-29(25)37-31)33(36-27)35-26-12-8-10-14-30(26)38-32(35)24-20-22(41(4,5)6)16-18-28(24)39-33/h7-20H,1-6H3/q+2. The summed E-state index contributed by atoms with van der Waals surface area (Å²) < 4.78 is 14.9. The number of hydrogen-bond donors (Lipinski definition) is 0. The van der Waals surface area contributed by atoms with Crippen molar-refractivity contribution in [3.05, 3.63) is 84.9 Å². The average molecular weight is 625 g/mol. The van der Waals surface area contributed by atoms with Gasteiger partial charge in [-0.05, 0) is 36.4 Å². The minimum atomic E-state index is -1.52. The summed E-state index contributed by atoms with van der Waals surface area (Å²) in [4.78, 5) is 1.27. The van der Waals surface area contributed by atoms with Gasteiger partial charge in [0.05, 0.1) is 33.5 Å². The number of para-hydroxylation sites is 2. The lowest BCUT2D eigenvalue weighted by Gasteiger charge is -2.31. The summed E-state index contributed by atoms with van der Waals surface area (Å²) in [7, 11) is -3.02. The maximum atomic E-state index is 7.39. The second kappa shape index (κ2) is 8.64. The van der Waals surface area contributed by atoms with E-state index in [4.69, 9.17) is 4.74 Å². The van der Waals surface area contributed by atoms with E-state index in [0.717, 1.165) is 5.75 Å². The Bertz CT molecular complexity index is 1900. The molecule has 0 amide bonds. The second-order valence-corrected chi connectivity index (χ2v) is 26.5. The van der Waals surface area contributed by atoms with E-state index < -0.39 is 21.3 Å². The molecule has 204 valence electrons. The third kappa shape index (κ3) is 3.74. The first-order chi connectivity index (χ1) is 19.5. The van der Waals surface area contributed by atoms with Crippen LogP contribution in [0.3, 0.4) is 0 Å². The Balaban J connectivity index is 1.49. The molecule has 0 bridgehead atoms. The molecule has 8 rings (SSSR count). The smallest absolute Gasteiger partial charge is 0.368 e. The summed E-state index contributed by atoms with van der Waals surface area (Å²) in [5.74, 6) is 0.960. The first-order valence-electron chi connectivity index (χ1n) is 14.1. The van der Waals surface area contributed by atoms with Crippen LogP contribution < -0.4 is 24.2 Å². The van der Waals surface area contributed by atoms with E-state index in [9.17, 15) is 0 Å². The van der Waals surface area contributed by atoms with Crippen molar-refractivity contribution < 1.29 is 13.9 Å². The van der Waals surface area contributed by atoms with Crippen LogP contribution in [0, 0.1) is 0 Å². The highest BCUT2D eigenvalue weighted by atomic mass is 32.2. The summed E-state index contributed by atoms with van der Waals surface area (Å²) in [6, 6.07) is 31.8. The van der Waals surface area contributed by atoms with Crippen LogP contribution in [0.5, 0.6) is 5.75 Å². The zero-order chi connectivity index (χ0) is 28.3. The zero-order valence-electron chi connectivity index (χ0n) is 24.1. The minimum absolute atomic E-state index is 0.828. The van der Waals surface area contributed by atoms with Gasteiger partial charge < -0.3 is 4.74 Å². The molecule has 0 N–H and O–H groups in total. The van der Waals surface area contributed by atoms with E-state index >= 15 is 0 Å². The van der Waals surface area contributed by atoms with Gasteiger partial charge in [0, 0.05) is 17.0 Å². The van der Waals surface area contributed by atoms with Crippen molar-refractivity contribution in [2.45, 2.75) is 49.4 Å². The van der Waals surface area contributed by atoms with Gasteiger partial charge in [0.1, 0.15) is 15.0 Å². The number of ether oxygens (including phenoxy) is 1. The van der Waals surface area contributed by atoms with Crippen molar-refractivity contribution in [1.82, 2.24) is 0 Å². The molecule has 2 aromatic heterocycles. The van der Waals surface area contributed by atoms with Crippen LogP contribution in [0.2, 0.25) is 39.3 Å². The Hall–Kier alpha value is -2.76. The van der Waals surface area contributed by atoms with Crippen LogP contribution in [0.15, 0.2) is 89.8 Å². The van der Waals surface area contributed by atoms with Crippen molar-refractivity contribution in [3.8, 4) is 26.9 Å². The van der Waals surface area contributed by atoms with E-state index in [1.807, 2.05) is 34.4 Å². The summed E-state index contributed by atoms with van der Waals surface area (Å²) in [6.45, 7) is 14.5. The minimum Gasteiger partial charge on any atom is -0.368 e. The molecule has 0 saturated carbocycles. The van der Waals surface area contributed by atoms with Gasteiger partial charge in [-0.2, -0.15) is 0 Å². The lowest BCUT2D eigenvalue weighted by Crippen LogP contribution is -2.77. The fourth-order valence-corrected chi connectivity index (χ4v) is 12.3. The molecule has 1 unspecified atom stereocenters. The van der Waals surface area contributed by atoms with Crippen LogP contribution in [0.4, 0.5) is 0 Å². The van der Waals surface area contributed by atoms with E-state index in [1.165, 1.54) is 56.8 Å². The Morgan fingerprint density at radius 2 is 1.12 bits per heavy atom. The third-order valence-electron chi connectivity index (χ3n) is 8.23. The number of nitrogens with zero attached hydrogens (tertiary/aromatic N) is 2. The SMILES string of the molecule is C[Si](C)(C)c1ccc2c(c1)-c1sc3ccccc3[n+]1C1(O2)Sc2ccc([Si](C)(C)C)cc2-c2sc3ccccc3[n+]21. The Kier molecular flexibility index (Phi) is 5.46. The van der Waals surface area contributed by atoms with Crippen LogP contribution in [-0.2, 0) is 5.18 Å². The molecule has 0 radical (unpaired) electrons. The summed E-state index contributed by atoms with van der Waals surface area (Å²) in [6.07, 6.45) is 0. The monoisotopic (exact) mass is 624 g/mol. The Morgan fingerprint density at radius 3 is 1.71 bits per heavy atom. The molecule has 1 atom stereocenters. The fourth-order valence-electron chi connectivity index (χ4n) is 5.98. The van der Waals surface area contributed by atoms with Crippen molar-refractivity contribution in [2.75, 3.05) is 0 Å². The number of fused-ring (bicyclic) bond motifs is 12. The zero-order valence-corrected chi connectivity index (χ0v) is 28.6. The van der Waals surface area contributed by atoms with E-state index in [0.29, 0.717) is 0 Å². The number of thioether (sulfide) groups is 1. The molecule has 8 heteroatoms. The Morgan fingerprint density at radius 1 is 0.610 bits per heavy atom. The average Bonchev–Trinajstić information content (AvgIpc) is 3.52. The van der Waals surface area contributed by atoms with E-state index in [-0.39, 0.29) is 0 Å². The van der Waals surface area contributed by atoms with Gasteiger partial charge in [0.15, 0.2) is 5.75 Å². The van der Waals surface area contributed by atoms with Gasteiger partial charge in [-0.1, -0.05) is 118 Å². The van der Waals surface area contributed by atoms with Crippen LogP contribution in [-0.4, -0.2) is 16.1 Å². The first kappa shape index (κ1) is 25.9. The number of thiazole rings is 2. The largest absolute Gasteiger partial charge is 0.587 e. The van der Waals surface area contributed by atoms with Crippen LogP contribution in [0.1, 0.15) is 0 Å². The van der Waals surface area contributed by atoms with Gasteiger partial charge in [-0.3, -0.25) is 0 Å². The lowest BCUT2D eigenvalue weighted by molar-refractivity contribution is -0.968. The van der Waals surface area contributed by atoms with Crippen molar-refractivity contribution >= 4 is 81.4 Å². The highest BCUT2D eigenvalue weighted by molar-refractivity contribution is 7.99. The molecule has 3 nitrogen and oxygen atoms in total. The molecule has 4 aromatic carbocycles. The molecular formula is C33H32N2OS3Si2+2. The van der Waals surface area contributed by atoms with Gasteiger partial charge in [0.25, 0.3) is 10.0 Å². The first-order valence-corrected chi connectivity index (χ1v) is 23.6. The van der Waals surface area contributed by atoms with Crippen molar-refractivity contribution in [1.29, 1.82) is 0 Å². The van der Waals surface area contributed by atoms with E-state index in [1.54, 1.807) is 0 Å². The highest BCUT2D eigenvalue weighted by Crippen LogP contribution is 2.51. The summed E-state index contributed by atoms with van der Waals surface area (Å²) in [5, 5.41) is 4.63. The van der Waals surface area contributed by atoms with Gasteiger partial charge in [0.2, 0.25) is 11.0 Å². The van der Waals surface area contributed by atoms with E-state index in [2.05, 4.69) is 133 Å². The molecule has 1 spiro atoms. The van der Waals surface area contributed by atoms with Crippen LogP contribution in [0.25, 0.3) is 41.6 Å². The maximum absolute atomic E-state index is 7.39.